The Morgan fingerprint density at radius 2 is 1.63 bits per heavy atom. The molecule has 5 rings (SSSR count). The van der Waals surface area contributed by atoms with Gasteiger partial charge >= 0.3 is 0 Å². The molecule has 0 aliphatic carbocycles. The predicted octanol–water partition coefficient (Wildman–Crippen LogP) is 5.76. The molecule has 2 heterocycles. The van der Waals surface area contributed by atoms with Gasteiger partial charge in [0.25, 0.3) is 0 Å². The zero-order chi connectivity index (χ0) is 18.2. The summed E-state index contributed by atoms with van der Waals surface area (Å²) in [4.78, 5) is 7.41. The molecule has 132 valence electrons. The topological polar surface area (TPSA) is 21.1 Å². The highest BCUT2D eigenvalue weighted by Gasteiger charge is 2.30. The fourth-order valence-electron chi connectivity index (χ4n) is 4.01. The number of anilines is 1. The van der Waals surface area contributed by atoms with E-state index in [1.54, 1.807) is 0 Å². The summed E-state index contributed by atoms with van der Waals surface area (Å²) in [6.45, 7) is 3.14. The van der Waals surface area contributed by atoms with Crippen LogP contribution >= 0.6 is 0 Å². The number of likely N-dealkylation sites (N-methyl/N-ethyl adjacent to an activating group) is 1. The molecule has 1 aliphatic heterocycles. The van der Waals surface area contributed by atoms with Gasteiger partial charge in [-0.1, -0.05) is 60.7 Å². The SMILES string of the molecule is CCN1c2ccccc2-c2nc3ccccc3n2C1/C=C/c1ccccc1. The van der Waals surface area contributed by atoms with Gasteiger partial charge < -0.3 is 4.90 Å². The molecule has 27 heavy (non-hydrogen) atoms. The first-order valence-corrected chi connectivity index (χ1v) is 9.43. The van der Waals surface area contributed by atoms with E-state index in [1.807, 2.05) is 6.07 Å². The summed E-state index contributed by atoms with van der Waals surface area (Å²) >= 11 is 0. The first-order valence-electron chi connectivity index (χ1n) is 9.43. The molecule has 0 fully saturated rings. The molecule has 0 spiro atoms. The molecule has 4 aromatic rings. The van der Waals surface area contributed by atoms with Gasteiger partial charge in [-0.15, -0.1) is 0 Å². The number of para-hydroxylation sites is 3. The third kappa shape index (κ3) is 2.55. The maximum atomic E-state index is 4.97. The molecule has 1 atom stereocenters. The minimum atomic E-state index is 0.0903. The number of benzene rings is 3. The summed E-state index contributed by atoms with van der Waals surface area (Å²) in [5, 5.41) is 0. The molecule has 0 N–H and O–H groups in total. The molecule has 3 nitrogen and oxygen atoms in total. The van der Waals surface area contributed by atoms with Gasteiger partial charge in [-0.3, -0.25) is 4.57 Å². The second-order valence-electron chi connectivity index (χ2n) is 6.78. The number of aromatic nitrogens is 2. The van der Waals surface area contributed by atoms with E-state index in [1.165, 1.54) is 22.3 Å². The minimum absolute atomic E-state index is 0.0903. The fraction of sp³-hybridized carbons (Fsp3) is 0.125. The molecule has 0 amide bonds. The normalized spacial score (nSPS) is 15.9. The van der Waals surface area contributed by atoms with Crippen LogP contribution in [-0.4, -0.2) is 16.1 Å². The summed E-state index contributed by atoms with van der Waals surface area (Å²) in [7, 11) is 0. The predicted molar refractivity (Wildman–Crippen MR) is 113 cm³/mol. The number of fused-ring (bicyclic) bond motifs is 5. The van der Waals surface area contributed by atoms with Crippen molar-refractivity contribution in [1.29, 1.82) is 0 Å². The van der Waals surface area contributed by atoms with Crippen molar-refractivity contribution >= 4 is 22.8 Å². The van der Waals surface area contributed by atoms with Gasteiger partial charge in [-0.2, -0.15) is 0 Å². The lowest BCUT2D eigenvalue weighted by Crippen LogP contribution is -2.35. The molecule has 3 heteroatoms. The Labute approximate surface area is 159 Å². The van der Waals surface area contributed by atoms with Crippen LogP contribution in [0.5, 0.6) is 0 Å². The van der Waals surface area contributed by atoms with Crippen molar-refractivity contribution in [2.24, 2.45) is 0 Å². The van der Waals surface area contributed by atoms with Crippen LogP contribution in [0.1, 0.15) is 18.7 Å². The van der Waals surface area contributed by atoms with E-state index in [0.717, 1.165) is 17.9 Å². The highest BCUT2D eigenvalue weighted by Crippen LogP contribution is 2.42. The van der Waals surface area contributed by atoms with E-state index in [2.05, 4.69) is 101 Å². The Morgan fingerprint density at radius 3 is 2.48 bits per heavy atom. The highest BCUT2D eigenvalue weighted by molar-refractivity contribution is 5.87. The van der Waals surface area contributed by atoms with E-state index in [4.69, 9.17) is 4.98 Å². The lowest BCUT2D eigenvalue weighted by molar-refractivity contribution is 0.574. The van der Waals surface area contributed by atoms with Crippen molar-refractivity contribution in [3.63, 3.8) is 0 Å². The molecule has 1 unspecified atom stereocenters. The average molecular weight is 351 g/mol. The van der Waals surface area contributed by atoms with Crippen LogP contribution in [0.2, 0.25) is 0 Å². The van der Waals surface area contributed by atoms with Crippen LogP contribution in [-0.2, 0) is 0 Å². The second-order valence-corrected chi connectivity index (χ2v) is 6.78. The Balaban J connectivity index is 1.74. The van der Waals surface area contributed by atoms with Gasteiger partial charge in [0.15, 0.2) is 0 Å². The van der Waals surface area contributed by atoms with Crippen LogP contribution in [0.4, 0.5) is 5.69 Å². The molecular weight excluding hydrogens is 330 g/mol. The Bertz CT molecular complexity index is 1120. The van der Waals surface area contributed by atoms with Crippen molar-refractivity contribution in [3.05, 3.63) is 90.5 Å². The fourth-order valence-corrected chi connectivity index (χ4v) is 4.01. The highest BCUT2D eigenvalue weighted by atomic mass is 15.3. The standard InChI is InChI=1S/C24H21N3/c1-2-26-21-14-8-6-12-19(21)24-25-20-13-7-9-15-22(20)27(24)23(26)17-16-18-10-4-3-5-11-18/h3-17,23H,2H2,1H3/b17-16+. The summed E-state index contributed by atoms with van der Waals surface area (Å²) < 4.78 is 2.36. The maximum Gasteiger partial charge on any atom is 0.145 e. The Morgan fingerprint density at radius 1 is 0.889 bits per heavy atom. The minimum Gasteiger partial charge on any atom is -0.347 e. The number of nitrogens with zero attached hydrogens (tertiary/aromatic N) is 3. The molecule has 0 saturated heterocycles. The summed E-state index contributed by atoms with van der Waals surface area (Å²) in [6.07, 6.45) is 4.58. The number of rotatable bonds is 3. The van der Waals surface area contributed by atoms with Crippen LogP contribution in [0, 0.1) is 0 Å². The molecule has 0 bridgehead atoms. The van der Waals surface area contributed by atoms with Crippen molar-refractivity contribution in [1.82, 2.24) is 9.55 Å². The van der Waals surface area contributed by atoms with Crippen molar-refractivity contribution < 1.29 is 0 Å². The van der Waals surface area contributed by atoms with Gasteiger partial charge in [-0.05, 0) is 42.8 Å². The summed E-state index contributed by atoms with van der Waals surface area (Å²) in [6, 6.07) is 27.4. The van der Waals surface area contributed by atoms with Crippen LogP contribution in [0.15, 0.2) is 84.9 Å². The average Bonchev–Trinajstić information content (AvgIpc) is 3.12. The number of hydrogen-bond acceptors (Lipinski definition) is 2. The quantitative estimate of drug-likeness (QED) is 0.468. The van der Waals surface area contributed by atoms with Gasteiger partial charge in [0.2, 0.25) is 0 Å². The molecule has 1 aliphatic rings. The number of imidazole rings is 1. The van der Waals surface area contributed by atoms with Crippen LogP contribution < -0.4 is 4.90 Å². The lowest BCUT2D eigenvalue weighted by atomic mass is 10.1. The van der Waals surface area contributed by atoms with Gasteiger partial charge in [0.1, 0.15) is 12.0 Å². The molecule has 3 aromatic carbocycles. The lowest BCUT2D eigenvalue weighted by Gasteiger charge is -2.38. The van der Waals surface area contributed by atoms with E-state index < -0.39 is 0 Å². The van der Waals surface area contributed by atoms with Crippen molar-refractivity contribution in [2.75, 3.05) is 11.4 Å². The van der Waals surface area contributed by atoms with Gasteiger partial charge in [0.05, 0.1) is 11.0 Å². The monoisotopic (exact) mass is 351 g/mol. The summed E-state index contributed by atoms with van der Waals surface area (Å²) in [5.74, 6) is 1.04. The Hall–Kier alpha value is -3.33. The van der Waals surface area contributed by atoms with Crippen LogP contribution in [0.3, 0.4) is 0 Å². The van der Waals surface area contributed by atoms with E-state index in [9.17, 15) is 0 Å². The van der Waals surface area contributed by atoms with E-state index in [-0.39, 0.29) is 6.17 Å². The van der Waals surface area contributed by atoms with Crippen LogP contribution in [0.25, 0.3) is 28.5 Å². The molecule has 0 saturated carbocycles. The first kappa shape index (κ1) is 15.9. The zero-order valence-electron chi connectivity index (χ0n) is 15.3. The maximum absolute atomic E-state index is 4.97. The van der Waals surface area contributed by atoms with E-state index >= 15 is 0 Å². The molecule has 1 aromatic heterocycles. The van der Waals surface area contributed by atoms with Gasteiger partial charge in [0, 0.05) is 17.8 Å². The van der Waals surface area contributed by atoms with Crippen molar-refractivity contribution in [2.45, 2.75) is 13.1 Å². The Kier molecular flexibility index (Phi) is 3.79. The summed E-state index contributed by atoms with van der Waals surface area (Å²) in [5.41, 5.74) is 5.85. The molecule has 0 radical (unpaired) electrons. The molecular formula is C24H21N3. The van der Waals surface area contributed by atoms with E-state index in [0.29, 0.717) is 0 Å². The zero-order valence-corrected chi connectivity index (χ0v) is 15.3. The van der Waals surface area contributed by atoms with Gasteiger partial charge in [-0.25, -0.2) is 4.98 Å². The smallest absolute Gasteiger partial charge is 0.145 e. The number of hydrogen-bond donors (Lipinski definition) is 0. The second kappa shape index (κ2) is 6.44. The van der Waals surface area contributed by atoms with Crippen molar-refractivity contribution in [3.8, 4) is 11.4 Å². The largest absolute Gasteiger partial charge is 0.347 e. The third-order valence-electron chi connectivity index (χ3n) is 5.24. The first-order chi connectivity index (χ1) is 13.4. The third-order valence-corrected chi connectivity index (χ3v) is 5.24.